The topological polar surface area (TPSA) is 75.4 Å². The quantitative estimate of drug-likeness (QED) is 0.817. The van der Waals surface area contributed by atoms with E-state index in [1.807, 2.05) is 19.9 Å². The van der Waals surface area contributed by atoms with Crippen LogP contribution in [-0.4, -0.2) is 42.4 Å². The van der Waals surface area contributed by atoms with Gasteiger partial charge in [-0.2, -0.15) is 0 Å². The number of rotatable bonds is 5. The van der Waals surface area contributed by atoms with Crippen molar-refractivity contribution in [2.45, 2.75) is 19.4 Å². The van der Waals surface area contributed by atoms with Gasteiger partial charge in [0.1, 0.15) is 0 Å². The van der Waals surface area contributed by atoms with E-state index in [1.54, 1.807) is 31.3 Å². The standard InChI is InChI=1S/C14H21N3O2/c1-14(2,15)10-16-12(18)9-17(3)13(19)11-7-5-4-6-8-11/h4-8H,9-10,15H2,1-3H3,(H,16,18). The third kappa shape index (κ3) is 5.52. The lowest BCUT2D eigenvalue weighted by molar-refractivity contribution is -0.121. The smallest absolute Gasteiger partial charge is 0.254 e. The van der Waals surface area contributed by atoms with Crippen molar-refractivity contribution in [1.29, 1.82) is 0 Å². The lowest BCUT2D eigenvalue weighted by atomic mass is 10.1. The fraction of sp³-hybridized carbons (Fsp3) is 0.429. The van der Waals surface area contributed by atoms with Crippen LogP contribution in [-0.2, 0) is 4.79 Å². The van der Waals surface area contributed by atoms with Gasteiger partial charge in [-0.25, -0.2) is 0 Å². The fourth-order valence-electron chi connectivity index (χ4n) is 1.47. The van der Waals surface area contributed by atoms with Gasteiger partial charge in [0.2, 0.25) is 5.91 Å². The lowest BCUT2D eigenvalue weighted by Crippen LogP contribution is -2.47. The molecule has 0 radical (unpaired) electrons. The van der Waals surface area contributed by atoms with Crippen LogP contribution in [0, 0.1) is 0 Å². The Hall–Kier alpha value is -1.88. The van der Waals surface area contributed by atoms with Gasteiger partial charge in [0, 0.05) is 24.7 Å². The van der Waals surface area contributed by atoms with E-state index < -0.39 is 5.54 Å². The van der Waals surface area contributed by atoms with Gasteiger partial charge >= 0.3 is 0 Å². The molecule has 0 heterocycles. The number of nitrogens with zero attached hydrogens (tertiary/aromatic N) is 1. The summed E-state index contributed by atoms with van der Waals surface area (Å²) in [5.74, 6) is -0.395. The second-order valence-electron chi connectivity index (χ2n) is 5.29. The number of nitrogens with one attached hydrogen (secondary N) is 1. The third-order valence-corrected chi connectivity index (χ3v) is 2.49. The largest absolute Gasteiger partial charge is 0.353 e. The van der Waals surface area contributed by atoms with Gasteiger partial charge in [-0.1, -0.05) is 18.2 Å². The Kier molecular flexibility index (Phi) is 5.06. The van der Waals surface area contributed by atoms with Crippen LogP contribution in [0.1, 0.15) is 24.2 Å². The Labute approximate surface area is 113 Å². The van der Waals surface area contributed by atoms with E-state index in [9.17, 15) is 9.59 Å². The van der Waals surface area contributed by atoms with Crippen molar-refractivity contribution in [3.05, 3.63) is 35.9 Å². The molecule has 104 valence electrons. The maximum absolute atomic E-state index is 12.0. The Bertz CT molecular complexity index is 438. The molecule has 1 aromatic rings. The number of hydrogen-bond acceptors (Lipinski definition) is 3. The minimum atomic E-state index is -0.461. The van der Waals surface area contributed by atoms with E-state index in [0.717, 1.165) is 0 Å². The van der Waals surface area contributed by atoms with Crippen molar-refractivity contribution in [3.63, 3.8) is 0 Å². The van der Waals surface area contributed by atoms with Crippen molar-refractivity contribution in [1.82, 2.24) is 10.2 Å². The Morgan fingerprint density at radius 1 is 1.26 bits per heavy atom. The van der Waals surface area contributed by atoms with Crippen LogP contribution < -0.4 is 11.1 Å². The molecule has 0 aliphatic heterocycles. The molecule has 0 saturated carbocycles. The third-order valence-electron chi connectivity index (χ3n) is 2.49. The normalized spacial score (nSPS) is 10.9. The molecule has 1 rings (SSSR count). The van der Waals surface area contributed by atoms with Crippen LogP contribution in [0.3, 0.4) is 0 Å². The SMILES string of the molecule is CN(CC(=O)NCC(C)(C)N)C(=O)c1ccccc1. The van der Waals surface area contributed by atoms with Crippen molar-refractivity contribution in [2.75, 3.05) is 20.1 Å². The van der Waals surface area contributed by atoms with Crippen molar-refractivity contribution in [3.8, 4) is 0 Å². The predicted molar refractivity (Wildman–Crippen MR) is 74.7 cm³/mol. The number of likely N-dealkylation sites (N-methyl/N-ethyl adjacent to an activating group) is 1. The molecule has 5 heteroatoms. The number of benzene rings is 1. The second-order valence-corrected chi connectivity index (χ2v) is 5.29. The van der Waals surface area contributed by atoms with Gasteiger partial charge < -0.3 is 16.0 Å². The van der Waals surface area contributed by atoms with Crippen molar-refractivity contribution in [2.24, 2.45) is 5.73 Å². The zero-order valence-corrected chi connectivity index (χ0v) is 11.6. The lowest BCUT2D eigenvalue weighted by Gasteiger charge is -2.21. The summed E-state index contributed by atoms with van der Waals surface area (Å²) in [6, 6.07) is 8.86. The molecule has 2 amide bonds. The van der Waals surface area contributed by atoms with E-state index in [4.69, 9.17) is 5.73 Å². The van der Waals surface area contributed by atoms with E-state index >= 15 is 0 Å². The average molecular weight is 263 g/mol. The number of amides is 2. The molecule has 0 aromatic heterocycles. The van der Waals surface area contributed by atoms with Crippen LogP contribution >= 0.6 is 0 Å². The van der Waals surface area contributed by atoms with Crippen molar-refractivity contribution >= 4 is 11.8 Å². The summed E-state index contributed by atoms with van der Waals surface area (Å²) in [7, 11) is 1.60. The van der Waals surface area contributed by atoms with E-state index in [-0.39, 0.29) is 18.4 Å². The molecule has 1 aromatic carbocycles. The summed E-state index contributed by atoms with van der Waals surface area (Å²) in [6.45, 7) is 4.04. The summed E-state index contributed by atoms with van der Waals surface area (Å²) in [5.41, 5.74) is 5.88. The molecule has 0 unspecified atom stereocenters. The Morgan fingerprint density at radius 3 is 2.37 bits per heavy atom. The van der Waals surface area contributed by atoms with Crippen LogP contribution in [0.4, 0.5) is 0 Å². The second kappa shape index (κ2) is 6.33. The van der Waals surface area contributed by atoms with Crippen LogP contribution in [0.25, 0.3) is 0 Å². The number of nitrogens with two attached hydrogens (primary N) is 1. The summed E-state index contributed by atoms with van der Waals surface area (Å²) < 4.78 is 0. The Balaban J connectivity index is 2.49. The molecule has 19 heavy (non-hydrogen) atoms. The number of hydrogen-bond donors (Lipinski definition) is 2. The predicted octanol–water partition coefficient (Wildman–Crippen LogP) is 0.612. The zero-order valence-electron chi connectivity index (χ0n) is 11.6. The highest BCUT2D eigenvalue weighted by Crippen LogP contribution is 2.02. The first kappa shape index (κ1) is 15.2. The minimum absolute atomic E-state index is 0.0177. The summed E-state index contributed by atoms with van der Waals surface area (Å²) in [4.78, 5) is 25.1. The van der Waals surface area contributed by atoms with Gasteiger partial charge in [0.25, 0.3) is 5.91 Å². The first-order valence-electron chi connectivity index (χ1n) is 6.16. The highest BCUT2D eigenvalue weighted by Gasteiger charge is 2.16. The van der Waals surface area contributed by atoms with Gasteiger partial charge in [-0.15, -0.1) is 0 Å². The minimum Gasteiger partial charge on any atom is -0.353 e. The maximum atomic E-state index is 12.0. The van der Waals surface area contributed by atoms with E-state index in [2.05, 4.69) is 5.32 Å². The molecular weight excluding hydrogens is 242 g/mol. The molecule has 0 atom stereocenters. The summed E-state index contributed by atoms with van der Waals surface area (Å²) in [6.07, 6.45) is 0. The van der Waals surface area contributed by atoms with Crippen molar-refractivity contribution < 1.29 is 9.59 Å². The van der Waals surface area contributed by atoms with Crippen LogP contribution in [0.15, 0.2) is 30.3 Å². The van der Waals surface area contributed by atoms with E-state index in [1.165, 1.54) is 4.90 Å². The zero-order chi connectivity index (χ0) is 14.5. The van der Waals surface area contributed by atoms with Gasteiger partial charge in [-0.05, 0) is 26.0 Å². The summed E-state index contributed by atoms with van der Waals surface area (Å²) in [5, 5.41) is 2.70. The first-order valence-corrected chi connectivity index (χ1v) is 6.16. The van der Waals surface area contributed by atoms with Crippen LogP contribution in [0.2, 0.25) is 0 Å². The van der Waals surface area contributed by atoms with Gasteiger partial charge in [0.15, 0.2) is 0 Å². The molecule has 0 aliphatic carbocycles. The monoisotopic (exact) mass is 263 g/mol. The summed E-state index contributed by atoms with van der Waals surface area (Å²) >= 11 is 0. The molecule has 0 bridgehead atoms. The fourth-order valence-corrected chi connectivity index (χ4v) is 1.47. The molecule has 0 saturated heterocycles. The average Bonchev–Trinajstić information content (AvgIpc) is 2.35. The van der Waals surface area contributed by atoms with Gasteiger partial charge in [-0.3, -0.25) is 9.59 Å². The number of carbonyl (C=O) groups excluding carboxylic acids is 2. The van der Waals surface area contributed by atoms with Crippen LogP contribution in [0.5, 0.6) is 0 Å². The maximum Gasteiger partial charge on any atom is 0.254 e. The molecule has 0 spiro atoms. The van der Waals surface area contributed by atoms with Gasteiger partial charge in [0.05, 0.1) is 6.54 Å². The molecular formula is C14H21N3O2. The highest BCUT2D eigenvalue weighted by molar-refractivity contribution is 5.96. The number of carbonyl (C=O) groups is 2. The molecule has 0 fully saturated rings. The molecule has 3 N–H and O–H groups in total. The molecule has 0 aliphatic rings. The molecule has 5 nitrogen and oxygen atoms in total. The van der Waals surface area contributed by atoms with E-state index in [0.29, 0.717) is 12.1 Å². The highest BCUT2D eigenvalue weighted by atomic mass is 16.2. The Morgan fingerprint density at radius 2 is 1.84 bits per heavy atom. The first-order chi connectivity index (χ1) is 8.79.